The van der Waals surface area contributed by atoms with Gasteiger partial charge < -0.3 is 21.3 Å². The number of nitrogens with two attached hydrogens (primary N) is 1. The highest BCUT2D eigenvalue weighted by Gasteiger charge is 2.58. The Kier molecular flexibility index (Phi) is 3.78. The van der Waals surface area contributed by atoms with Gasteiger partial charge in [0.1, 0.15) is 0 Å². The highest BCUT2D eigenvalue weighted by atomic mass is 16.3. The van der Waals surface area contributed by atoms with E-state index in [-0.39, 0.29) is 35.1 Å². The highest BCUT2D eigenvalue weighted by Crippen LogP contribution is 2.63. The molecule has 0 radical (unpaired) electrons. The zero-order valence-corrected chi connectivity index (χ0v) is 15.1. The molecule has 0 saturated heterocycles. The van der Waals surface area contributed by atoms with Gasteiger partial charge in [0.15, 0.2) is 0 Å². The first-order chi connectivity index (χ1) is 11.3. The van der Waals surface area contributed by atoms with Crippen LogP contribution in [0.25, 0.3) is 0 Å². The van der Waals surface area contributed by atoms with Gasteiger partial charge >= 0.3 is 0 Å². The first-order valence-corrected chi connectivity index (χ1v) is 9.51. The van der Waals surface area contributed by atoms with Gasteiger partial charge in [-0.15, -0.1) is 0 Å². The second kappa shape index (κ2) is 5.41. The third kappa shape index (κ3) is 2.06. The summed E-state index contributed by atoms with van der Waals surface area (Å²) in [6.45, 7) is 4.67. The Morgan fingerprint density at radius 3 is 2.62 bits per heavy atom. The lowest BCUT2D eigenvalue weighted by molar-refractivity contribution is 0.0319. The van der Waals surface area contributed by atoms with E-state index >= 15 is 0 Å². The molecule has 4 aliphatic carbocycles. The maximum atomic E-state index is 10.4. The van der Waals surface area contributed by atoms with Gasteiger partial charge in [-0.1, -0.05) is 37.1 Å². The molecular weight excluding hydrogens is 300 g/mol. The molecule has 5 N–H and O–H groups in total. The van der Waals surface area contributed by atoms with E-state index in [9.17, 15) is 10.2 Å². The topological polar surface area (TPSA) is 78.5 Å². The van der Waals surface area contributed by atoms with Crippen molar-refractivity contribution in [3.8, 4) is 0 Å². The van der Waals surface area contributed by atoms with Gasteiger partial charge in [-0.2, -0.15) is 0 Å². The first kappa shape index (κ1) is 16.8. The molecule has 4 nitrogen and oxygen atoms in total. The van der Waals surface area contributed by atoms with Crippen LogP contribution in [0.1, 0.15) is 46.0 Å². The molecule has 4 heteroatoms. The Hall–Kier alpha value is -0.680. The smallest absolute Gasteiger partial charge is 0.0730 e. The van der Waals surface area contributed by atoms with Crippen LogP contribution in [-0.2, 0) is 0 Å². The lowest BCUT2D eigenvalue weighted by atomic mass is 9.50. The quantitative estimate of drug-likeness (QED) is 0.590. The van der Waals surface area contributed by atoms with Crippen LogP contribution < -0.4 is 11.1 Å². The molecule has 0 spiro atoms. The molecule has 4 rings (SSSR count). The minimum atomic E-state index is -0.379. The molecule has 24 heavy (non-hydrogen) atoms. The van der Waals surface area contributed by atoms with Crippen LogP contribution in [0.15, 0.2) is 23.3 Å². The van der Waals surface area contributed by atoms with Crippen molar-refractivity contribution in [1.82, 2.24) is 5.32 Å². The molecule has 3 fully saturated rings. The van der Waals surface area contributed by atoms with E-state index in [2.05, 4.69) is 31.3 Å². The van der Waals surface area contributed by atoms with Gasteiger partial charge in [0, 0.05) is 12.1 Å². The summed E-state index contributed by atoms with van der Waals surface area (Å²) < 4.78 is 0. The van der Waals surface area contributed by atoms with E-state index < -0.39 is 0 Å². The van der Waals surface area contributed by atoms with Crippen LogP contribution in [0.5, 0.6) is 0 Å². The van der Waals surface area contributed by atoms with E-state index in [1.807, 2.05) is 7.05 Å². The van der Waals surface area contributed by atoms with Crippen molar-refractivity contribution in [2.45, 2.75) is 70.2 Å². The number of allylic oxidation sites excluding steroid dienone is 3. The fourth-order valence-electron chi connectivity index (χ4n) is 6.41. The van der Waals surface area contributed by atoms with Crippen molar-refractivity contribution < 1.29 is 10.2 Å². The van der Waals surface area contributed by atoms with Gasteiger partial charge in [-0.25, -0.2) is 0 Å². The van der Waals surface area contributed by atoms with Crippen molar-refractivity contribution >= 4 is 0 Å². The van der Waals surface area contributed by atoms with Gasteiger partial charge in [0.2, 0.25) is 0 Å². The van der Waals surface area contributed by atoms with Gasteiger partial charge in [0.05, 0.1) is 12.2 Å². The molecule has 0 bridgehead atoms. The number of likely N-dealkylation sites (N-methyl/N-ethyl adjacent to an activating group) is 1. The summed E-state index contributed by atoms with van der Waals surface area (Å²) in [4.78, 5) is 0. The molecule has 3 saturated carbocycles. The normalized spacial score (nSPS) is 53.6. The molecule has 0 aromatic heterocycles. The first-order valence-electron chi connectivity index (χ1n) is 9.51. The summed E-state index contributed by atoms with van der Waals surface area (Å²) in [7, 11) is 1.95. The van der Waals surface area contributed by atoms with Crippen molar-refractivity contribution in [2.24, 2.45) is 28.4 Å². The van der Waals surface area contributed by atoms with Gasteiger partial charge in [0.25, 0.3) is 0 Å². The number of nitrogens with one attached hydrogen (secondary N) is 1. The zero-order chi connectivity index (χ0) is 17.3. The van der Waals surface area contributed by atoms with Crippen molar-refractivity contribution in [1.29, 1.82) is 0 Å². The number of hydrogen-bond acceptors (Lipinski definition) is 4. The maximum Gasteiger partial charge on any atom is 0.0730 e. The monoisotopic (exact) mass is 332 g/mol. The van der Waals surface area contributed by atoms with E-state index in [1.54, 1.807) is 0 Å². The van der Waals surface area contributed by atoms with E-state index in [0.29, 0.717) is 11.8 Å². The largest absolute Gasteiger partial charge is 0.391 e. The second-order valence-corrected chi connectivity index (χ2v) is 9.13. The third-order valence-electron chi connectivity index (χ3n) is 8.11. The molecular formula is C20H32N2O2. The minimum absolute atomic E-state index is 0.0278. The number of aliphatic hydroxyl groups excluding tert-OH is 2. The average Bonchev–Trinajstić information content (AvgIpc) is 2.78. The maximum absolute atomic E-state index is 10.4. The van der Waals surface area contributed by atoms with Crippen molar-refractivity contribution in [2.75, 3.05) is 7.05 Å². The number of fused-ring (bicyclic) bond motifs is 5. The zero-order valence-electron chi connectivity index (χ0n) is 15.1. The third-order valence-corrected chi connectivity index (χ3v) is 8.11. The van der Waals surface area contributed by atoms with Crippen LogP contribution in [0.3, 0.4) is 0 Å². The summed E-state index contributed by atoms with van der Waals surface area (Å²) in [6, 6.07) is 0.0528. The van der Waals surface area contributed by atoms with Crippen LogP contribution in [0, 0.1) is 22.7 Å². The molecule has 0 amide bonds. The molecule has 0 aromatic rings. The summed E-state index contributed by atoms with van der Waals surface area (Å²) in [5, 5.41) is 24.1. The van der Waals surface area contributed by atoms with Crippen LogP contribution in [-0.4, -0.2) is 41.6 Å². The summed E-state index contributed by atoms with van der Waals surface area (Å²) in [5.74, 6) is 0.923. The van der Waals surface area contributed by atoms with Crippen LogP contribution >= 0.6 is 0 Å². The SMILES string of the molecule is CN[C@@H]1C[C@@]2(C)C(=CC=C3[C@@H]4C[C@@H](O)[C@H](N)[C@@]4(C)CC[C@@H]32)C[C@H]1O. The molecule has 0 aromatic carbocycles. The number of aliphatic hydroxyl groups is 2. The van der Waals surface area contributed by atoms with Gasteiger partial charge in [-0.3, -0.25) is 0 Å². The summed E-state index contributed by atoms with van der Waals surface area (Å²) in [5.41, 5.74) is 9.44. The van der Waals surface area contributed by atoms with Crippen LogP contribution in [0.4, 0.5) is 0 Å². The molecule has 0 heterocycles. The predicted molar refractivity (Wildman–Crippen MR) is 95.3 cm³/mol. The Bertz CT molecular complexity index is 600. The van der Waals surface area contributed by atoms with Gasteiger partial charge in [-0.05, 0) is 61.8 Å². The highest BCUT2D eigenvalue weighted by molar-refractivity contribution is 5.40. The fraction of sp³-hybridized carbons (Fsp3) is 0.800. The number of rotatable bonds is 1. The minimum Gasteiger partial charge on any atom is -0.391 e. The number of hydrogen-bond donors (Lipinski definition) is 4. The fourth-order valence-corrected chi connectivity index (χ4v) is 6.41. The lowest BCUT2D eigenvalue weighted by Crippen LogP contribution is -2.53. The average molecular weight is 332 g/mol. The van der Waals surface area contributed by atoms with Crippen LogP contribution in [0.2, 0.25) is 0 Å². The van der Waals surface area contributed by atoms with Crippen molar-refractivity contribution in [3.05, 3.63) is 23.3 Å². The Morgan fingerprint density at radius 1 is 1.17 bits per heavy atom. The predicted octanol–water partition coefficient (Wildman–Crippen LogP) is 1.73. The molecule has 8 atom stereocenters. The molecule has 134 valence electrons. The Morgan fingerprint density at radius 2 is 1.92 bits per heavy atom. The second-order valence-electron chi connectivity index (χ2n) is 9.13. The van der Waals surface area contributed by atoms with Crippen molar-refractivity contribution in [3.63, 3.8) is 0 Å². The Labute approximate surface area is 145 Å². The summed E-state index contributed by atoms with van der Waals surface area (Å²) in [6.07, 6.45) is 8.69. The standard InChI is InChI=1S/C20H32N2O2/c1-19-7-6-13-12(14(19)9-17(24)18(19)21)5-4-11-8-16(23)15(22-3)10-20(11,13)2/h4-5,13-18,22-24H,6-10,21H2,1-3H3/t13-,14-,15+,16+,17+,18-,19-,20-/m0/s1. The molecule has 0 aliphatic heterocycles. The lowest BCUT2D eigenvalue weighted by Gasteiger charge is -2.55. The van der Waals surface area contributed by atoms with E-state index in [4.69, 9.17) is 5.73 Å². The molecule has 4 aliphatic rings. The Balaban J connectivity index is 1.72. The summed E-state index contributed by atoms with van der Waals surface area (Å²) >= 11 is 0. The van der Waals surface area contributed by atoms with E-state index in [1.165, 1.54) is 11.1 Å². The van der Waals surface area contributed by atoms with E-state index in [0.717, 1.165) is 32.1 Å². The molecule has 0 unspecified atom stereocenters.